The largest absolute Gasteiger partial charge is 0.628 e. The molecular formula is C8H7F2NO3. The van der Waals surface area contributed by atoms with Crippen LogP contribution in [0.15, 0.2) is 24.3 Å². The lowest BCUT2D eigenvalue weighted by Crippen LogP contribution is -2.81. The Hall–Kier alpha value is -1.53. The molecule has 0 saturated carbocycles. The van der Waals surface area contributed by atoms with E-state index in [0.717, 1.165) is 0 Å². The number of carbonyl (C=O) groups is 1. The van der Waals surface area contributed by atoms with Crippen molar-refractivity contribution in [2.75, 3.05) is 0 Å². The molecule has 14 heavy (non-hydrogen) atoms. The number of ether oxygens (including phenoxy) is 1. The van der Waals surface area contributed by atoms with Crippen molar-refractivity contribution in [2.24, 2.45) is 0 Å². The van der Waals surface area contributed by atoms with Gasteiger partial charge in [0.2, 0.25) is 0 Å². The minimum absolute atomic E-state index is 0.0493. The monoisotopic (exact) mass is 203 g/mol. The second kappa shape index (κ2) is 4.64. The van der Waals surface area contributed by atoms with E-state index in [0.29, 0.717) is 0 Å². The van der Waals surface area contributed by atoms with Crippen molar-refractivity contribution in [1.82, 2.24) is 0 Å². The smallest absolute Gasteiger partial charge is 0.387 e. The van der Waals surface area contributed by atoms with Crippen molar-refractivity contribution in [3.8, 4) is 5.75 Å². The molecule has 6 heteroatoms. The number of hydrogen-bond acceptors (Lipinski definition) is 3. The molecule has 2 N–H and O–H groups in total. The number of hydrogen-bond donors (Lipinski definition) is 1. The first kappa shape index (κ1) is 10.6. The molecule has 0 atom stereocenters. The van der Waals surface area contributed by atoms with Gasteiger partial charge in [0.05, 0.1) is 0 Å². The molecule has 1 amide bonds. The molecule has 0 unspecified atom stereocenters. The molecule has 0 aliphatic rings. The highest BCUT2D eigenvalue weighted by atomic mass is 19.3. The van der Waals surface area contributed by atoms with E-state index in [1.807, 2.05) is 0 Å². The Balaban J connectivity index is 2.97. The Morgan fingerprint density at radius 1 is 1.43 bits per heavy atom. The quantitative estimate of drug-likeness (QED) is 0.727. The highest BCUT2D eigenvalue weighted by Gasteiger charge is 2.15. The van der Waals surface area contributed by atoms with Gasteiger partial charge in [-0.25, -0.2) is 4.79 Å². The number of carbonyl (C=O) groups excluding carboxylic acids is 1. The molecule has 1 aromatic rings. The summed E-state index contributed by atoms with van der Waals surface area (Å²) in [6, 6.07) is 5.33. The van der Waals surface area contributed by atoms with Crippen molar-refractivity contribution >= 4 is 5.91 Å². The fourth-order valence-corrected chi connectivity index (χ4v) is 0.932. The van der Waals surface area contributed by atoms with Crippen LogP contribution >= 0.6 is 0 Å². The fraction of sp³-hybridized carbons (Fsp3) is 0.125. The summed E-state index contributed by atoms with van der Waals surface area (Å²) in [5, 5.41) is 10.2. The van der Waals surface area contributed by atoms with Gasteiger partial charge < -0.3 is 15.4 Å². The number of benzene rings is 1. The Kier molecular flexibility index (Phi) is 3.49. The van der Waals surface area contributed by atoms with E-state index in [1.165, 1.54) is 24.3 Å². The van der Waals surface area contributed by atoms with Crippen LogP contribution in [0.4, 0.5) is 8.78 Å². The average molecular weight is 203 g/mol. The molecule has 0 bridgehead atoms. The first-order valence-electron chi connectivity index (χ1n) is 3.68. The van der Waals surface area contributed by atoms with Crippen molar-refractivity contribution in [3.63, 3.8) is 0 Å². The van der Waals surface area contributed by atoms with Gasteiger partial charge >= 0.3 is 12.5 Å². The highest BCUT2D eigenvalue weighted by Crippen LogP contribution is 2.18. The average Bonchev–Trinajstić information content (AvgIpc) is 2.16. The molecule has 0 aliphatic heterocycles. The number of primary amides is 1. The van der Waals surface area contributed by atoms with Crippen LogP contribution in [-0.4, -0.2) is 12.5 Å². The zero-order chi connectivity index (χ0) is 10.6. The molecule has 0 saturated heterocycles. The van der Waals surface area contributed by atoms with E-state index in [-0.39, 0.29) is 16.8 Å². The maximum Gasteiger partial charge on any atom is 0.387 e. The lowest BCUT2D eigenvalue weighted by molar-refractivity contribution is -0.482. The summed E-state index contributed by atoms with van der Waals surface area (Å²) in [6.07, 6.45) is 0. The zero-order valence-corrected chi connectivity index (χ0v) is 6.94. The fourth-order valence-electron chi connectivity index (χ4n) is 0.932. The van der Waals surface area contributed by atoms with Gasteiger partial charge in [-0.2, -0.15) is 8.78 Å². The third-order valence-corrected chi connectivity index (χ3v) is 1.48. The SMILES string of the molecule is O=C([NH2+][O-])c1ccccc1OC(F)F. The van der Waals surface area contributed by atoms with Crippen molar-refractivity contribution < 1.29 is 23.8 Å². The predicted molar refractivity (Wildman–Crippen MR) is 42.7 cm³/mol. The van der Waals surface area contributed by atoms with Gasteiger partial charge in [-0.3, -0.25) is 0 Å². The van der Waals surface area contributed by atoms with Gasteiger partial charge in [-0.05, 0) is 12.1 Å². The summed E-state index contributed by atoms with van der Waals surface area (Å²) in [4.78, 5) is 10.9. The molecule has 0 aliphatic carbocycles. The zero-order valence-electron chi connectivity index (χ0n) is 6.94. The molecule has 0 fully saturated rings. The van der Waals surface area contributed by atoms with Gasteiger partial charge in [0, 0.05) is 0 Å². The highest BCUT2D eigenvalue weighted by molar-refractivity contribution is 5.89. The van der Waals surface area contributed by atoms with E-state index in [1.54, 1.807) is 0 Å². The van der Waals surface area contributed by atoms with Gasteiger partial charge in [0.1, 0.15) is 11.3 Å². The summed E-state index contributed by atoms with van der Waals surface area (Å²) in [5.41, 5.74) is -0.115. The number of quaternary nitrogens is 1. The van der Waals surface area contributed by atoms with Crippen LogP contribution in [0.2, 0.25) is 0 Å². The normalized spacial score (nSPS) is 10.3. The molecule has 0 heterocycles. The lowest BCUT2D eigenvalue weighted by atomic mass is 10.2. The molecule has 4 nitrogen and oxygen atoms in total. The third kappa shape index (κ3) is 2.48. The molecule has 1 rings (SSSR count). The van der Waals surface area contributed by atoms with Crippen LogP contribution in [0.3, 0.4) is 0 Å². The maximum absolute atomic E-state index is 11.8. The van der Waals surface area contributed by atoms with E-state index in [9.17, 15) is 18.8 Å². The number of alkyl halides is 2. The standard InChI is InChI=1S/C8H7F2NO3/c9-8(10)14-6-4-2-1-3-5(6)7(12)11-13/h1-4,8H,11H2. The second-order valence-corrected chi connectivity index (χ2v) is 2.36. The molecular weight excluding hydrogens is 196 g/mol. The Morgan fingerprint density at radius 3 is 2.64 bits per heavy atom. The third-order valence-electron chi connectivity index (χ3n) is 1.48. The number of para-hydroxylation sites is 1. The summed E-state index contributed by atoms with van der Waals surface area (Å²) < 4.78 is 27.7. The van der Waals surface area contributed by atoms with E-state index < -0.39 is 12.5 Å². The van der Waals surface area contributed by atoms with Gasteiger partial charge in [0.15, 0.2) is 0 Å². The summed E-state index contributed by atoms with van der Waals surface area (Å²) in [5.74, 6) is -1.18. The number of amides is 1. The number of nitrogens with two attached hydrogens (primary N) is 1. The molecule has 1 aromatic carbocycles. The van der Waals surface area contributed by atoms with Crippen molar-refractivity contribution in [2.45, 2.75) is 6.61 Å². The van der Waals surface area contributed by atoms with E-state index in [2.05, 4.69) is 4.74 Å². The van der Waals surface area contributed by atoms with Crippen LogP contribution in [0.5, 0.6) is 5.75 Å². The minimum atomic E-state index is -3.02. The van der Waals surface area contributed by atoms with Crippen LogP contribution in [0.25, 0.3) is 0 Å². The van der Waals surface area contributed by atoms with Crippen LogP contribution in [-0.2, 0) is 0 Å². The molecule has 0 aromatic heterocycles. The first-order valence-corrected chi connectivity index (χ1v) is 3.68. The Morgan fingerprint density at radius 2 is 2.07 bits per heavy atom. The Labute approximate surface area is 78.1 Å². The predicted octanol–water partition coefficient (Wildman–Crippen LogP) is 0.489. The minimum Gasteiger partial charge on any atom is -0.628 e. The van der Waals surface area contributed by atoms with E-state index in [4.69, 9.17) is 0 Å². The van der Waals surface area contributed by atoms with Gasteiger partial charge in [-0.1, -0.05) is 12.1 Å². The topological polar surface area (TPSA) is 66.0 Å². The molecule has 0 spiro atoms. The molecule has 76 valence electrons. The maximum atomic E-state index is 11.8. The Bertz CT molecular complexity index is 330. The van der Waals surface area contributed by atoms with E-state index >= 15 is 0 Å². The lowest BCUT2D eigenvalue weighted by Gasteiger charge is -2.08. The van der Waals surface area contributed by atoms with Crippen molar-refractivity contribution in [3.05, 3.63) is 35.0 Å². The summed E-state index contributed by atoms with van der Waals surface area (Å²) in [6.45, 7) is -3.02. The second-order valence-electron chi connectivity index (χ2n) is 2.36. The van der Waals surface area contributed by atoms with Crippen LogP contribution < -0.4 is 10.2 Å². The van der Waals surface area contributed by atoms with Crippen LogP contribution in [0.1, 0.15) is 10.4 Å². The first-order chi connectivity index (χ1) is 6.65. The number of halogens is 2. The van der Waals surface area contributed by atoms with Gasteiger partial charge in [-0.15, -0.1) is 0 Å². The summed E-state index contributed by atoms with van der Waals surface area (Å²) >= 11 is 0. The molecule has 0 radical (unpaired) electrons. The summed E-state index contributed by atoms with van der Waals surface area (Å²) in [7, 11) is 0. The van der Waals surface area contributed by atoms with Crippen LogP contribution in [0, 0.1) is 5.21 Å². The van der Waals surface area contributed by atoms with Gasteiger partial charge in [0.25, 0.3) is 0 Å². The number of hydroxylamine groups is 1. The van der Waals surface area contributed by atoms with Crippen molar-refractivity contribution in [1.29, 1.82) is 0 Å². The number of rotatable bonds is 3.